The molecule has 0 aliphatic heterocycles. The Hall–Kier alpha value is -2.21. The summed E-state index contributed by atoms with van der Waals surface area (Å²) in [5.41, 5.74) is 3.16. The molecule has 2 aromatic heterocycles. The monoisotopic (exact) mass is 406 g/mol. The molecule has 0 aliphatic rings. The molecule has 0 fully saturated rings. The van der Waals surface area contributed by atoms with Crippen LogP contribution in [0.15, 0.2) is 54.9 Å². The van der Waals surface area contributed by atoms with E-state index in [1.165, 1.54) is 0 Å². The summed E-state index contributed by atoms with van der Waals surface area (Å²) in [5, 5.41) is 7.16. The van der Waals surface area contributed by atoms with Crippen LogP contribution in [-0.4, -0.2) is 35.0 Å². The van der Waals surface area contributed by atoms with Crippen LogP contribution in [0.3, 0.4) is 0 Å². The maximum atomic E-state index is 12.8. The lowest BCUT2D eigenvalue weighted by atomic mass is 10.0. The average Bonchev–Trinajstić information content (AvgIpc) is 2.66. The number of aromatic nitrogens is 2. The first-order valence-electron chi connectivity index (χ1n) is 8.50. The van der Waals surface area contributed by atoms with Gasteiger partial charge in [0.2, 0.25) is 0 Å². The van der Waals surface area contributed by atoms with E-state index in [9.17, 15) is 4.79 Å². The minimum atomic E-state index is -0.0846. The van der Waals surface area contributed by atoms with Crippen LogP contribution in [0.2, 0.25) is 0 Å². The van der Waals surface area contributed by atoms with Gasteiger partial charge in [-0.05, 0) is 37.7 Å². The fourth-order valence-electron chi connectivity index (χ4n) is 2.80. The molecule has 7 heteroatoms. The van der Waals surface area contributed by atoms with Gasteiger partial charge in [0.05, 0.1) is 16.8 Å². The van der Waals surface area contributed by atoms with E-state index in [1.807, 2.05) is 42.5 Å². The first-order valence-corrected chi connectivity index (χ1v) is 8.50. The highest BCUT2D eigenvalue weighted by Crippen LogP contribution is 2.24. The van der Waals surface area contributed by atoms with Crippen LogP contribution in [0.4, 0.5) is 0 Å². The molecule has 2 N–H and O–H groups in total. The van der Waals surface area contributed by atoms with Crippen molar-refractivity contribution in [3.8, 4) is 11.3 Å². The molecule has 0 bridgehead atoms. The number of para-hydroxylation sites is 1. The van der Waals surface area contributed by atoms with Crippen molar-refractivity contribution in [3.63, 3.8) is 0 Å². The van der Waals surface area contributed by atoms with Crippen LogP contribution in [0.25, 0.3) is 22.2 Å². The van der Waals surface area contributed by atoms with Gasteiger partial charge in [-0.2, -0.15) is 0 Å². The van der Waals surface area contributed by atoms with Gasteiger partial charge in [0.15, 0.2) is 0 Å². The Labute approximate surface area is 171 Å². The second-order valence-electron chi connectivity index (χ2n) is 5.98. The number of nitrogens with zero attached hydrogens (tertiary/aromatic N) is 2. The van der Waals surface area contributed by atoms with Gasteiger partial charge in [0.25, 0.3) is 5.91 Å². The Morgan fingerprint density at radius 3 is 2.52 bits per heavy atom. The molecule has 0 unspecified atom stereocenters. The standard InChI is InChI=1S/C20H22N4O.2ClH/c1-3-22-14(2)13-23-20(25)17-12-19(15-8-10-21-11-9-15)24-18-7-5-4-6-16(17)18;;/h4-12,14,22H,3,13H2,1-2H3,(H,23,25);2*1H/t14-;;/m1../s1. The number of amides is 1. The van der Waals surface area contributed by atoms with Gasteiger partial charge in [0.1, 0.15) is 0 Å². The number of pyridine rings is 2. The van der Waals surface area contributed by atoms with Gasteiger partial charge in [-0.25, -0.2) is 4.98 Å². The molecule has 0 saturated heterocycles. The molecule has 3 aromatic rings. The molecule has 2 heterocycles. The number of benzene rings is 1. The van der Waals surface area contributed by atoms with Crippen LogP contribution in [-0.2, 0) is 0 Å². The Balaban J connectivity index is 0.00000182. The highest BCUT2D eigenvalue weighted by Gasteiger charge is 2.14. The van der Waals surface area contributed by atoms with Crippen LogP contribution in [0.1, 0.15) is 24.2 Å². The third kappa shape index (κ3) is 5.63. The molecule has 0 radical (unpaired) electrons. The maximum absolute atomic E-state index is 12.8. The van der Waals surface area contributed by atoms with E-state index in [2.05, 4.69) is 29.5 Å². The highest BCUT2D eigenvalue weighted by atomic mass is 35.5. The summed E-state index contributed by atoms with van der Waals surface area (Å²) in [6.07, 6.45) is 3.45. The lowest BCUT2D eigenvalue weighted by Gasteiger charge is -2.14. The zero-order valence-electron chi connectivity index (χ0n) is 15.3. The van der Waals surface area contributed by atoms with E-state index >= 15 is 0 Å². The molecule has 0 saturated carbocycles. The second kappa shape index (κ2) is 10.8. The number of hydrogen-bond acceptors (Lipinski definition) is 4. The third-order valence-electron chi connectivity index (χ3n) is 4.06. The lowest BCUT2D eigenvalue weighted by molar-refractivity contribution is 0.0952. The van der Waals surface area contributed by atoms with Crippen LogP contribution in [0.5, 0.6) is 0 Å². The molecule has 3 rings (SSSR count). The fraction of sp³-hybridized carbons (Fsp3) is 0.250. The Kier molecular flexibility index (Phi) is 9.15. The van der Waals surface area contributed by atoms with Gasteiger partial charge in [-0.1, -0.05) is 25.1 Å². The quantitative estimate of drug-likeness (QED) is 0.651. The first-order chi connectivity index (χ1) is 12.2. The maximum Gasteiger partial charge on any atom is 0.252 e. The van der Waals surface area contributed by atoms with E-state index in [0.29, 0.717) is 12.1 Å². The van der Waals surface area contributed by atoms with Crippen molar-refractivity contribution in [2.24, 2.45) is 0 Å². The predicted octanol–water partition coefficient (Wildman–Crippen LogP) is 3.87. The number of nitrogens with one attached hydrogen (secondary N) is 2. The van der Waals surface area contributed by atoms with Crippen molar-refractivity contribution in [2.45, 2.75) is 19.9 Å². The van der Waals surface area contributed by atoms with Crippen molar-refractivity contribution in [1.82, 2.24) is 20.6 Å². The smallest absolute Gasteiger partial charge is 0.252 e. The molecule has 144 valence electrons. The van der Waals surface area contributed by atoms with Crippen LogP contribution < -0.4 is 10.6 Å². The largest absolute Gasteiger partial charge is 0.350 e. The van der Waals surface area contributed by atoms with E-state index in [-0.39, 0.29) is 36.8 Å². The van der Waals surface area contributed by atoms with E-state index < -0.39 is 0 Å². The Morgan fingerprint density at radius 1 is 1.11 bits per heavy atom. The summed E-state index contributed by atoms with van der Waals surface area (Å²) in [6, 6.07) is 13.6. The van der Waals surface area contributed by atoms with Gasteiger partial charge in [-0.3, -0.25) is 9.78 Å². The molecule has 0 aliphatic carbocycles. The molecule has 27 heavy (non-hydrogen) atoms. The second-order valence-corrected chi connectivity index (χ2v) is 5.98. The molecule has 1 amide bonds. The van der Waals surface area contributed by atoms with Crippen molar-refractivity contribution in [2.75, 3.05) is 13.1 Å². The lowest BCUT2D eigenvalue weighted by Crippen LogP contribution is -2.38. The minimum absolute atomic E-state index is 0. The number of halogens is 2. The van der Waals surface area contributed by atoms with E-state index in [0.717, 1.165) is 28.7 Å². The first kappa shape index (κ1) is 22.8. The Bertz CT molecular complexity index is 874. The number of fused-ring (bicyclic) bond motifs is 1. The number of likely N-dealkylation sites (N-methyl/N-ethyl adjacent to an activating group) is 1. The highest BCUT2D eigenvalue weighted by molar-refractivity contribution is 6.07. The van der Waals surface area contributed by atoms with Gasteiger partial charge < -0.3 is 10.6 Å². The van der Waals surface area contributed by atoms with Crippen molar-refractivity contribution < 1.29 is 4.79 Å². The number of carbonyl (C=O) groups excluding carboxylic acids is 1. The van der Waals surface area contributed by atoms with Gasteiger partial charge in [0, 0.05) is 35.9 Å². The van der Waals surface area contributed by atoms with Crippen LogP contribution in [0, 0.1) is 0 Å². The molecule has 5 nitrogen and oxygen atoms in total. The van der Waals surface area contributed by atoms with Gasteiger partial charge >= 0.3 is 0 Å². The predicted molar refractivity (Wildman–Crippen MR) is 115 cm³/mol. The van der Waals surface area contributed by atoms with E-state index in [4.69, 9.17) is 4.98 Å². The van der Waals surface area contributed by atoms with E-state index in [1.54, 1.807) is 12.4 Å². The zero-order valence-corrected chi connectivity index (χ0v) is 16.9. The SMILES string of the molecule is CCN[C@H](C)CNC(=O)c1cc(-c2ccncc2)nc2ccccc12.Cl.Cl. The topological polar surface area (TPSA) is 66.9 Å². The molecular formula is C20H24Cl2N4O. The normalized spacial score (nSPS) is 11.2. The average molecular weight is 407 g/mol. The van der Waals surface area contributed by atoms with Crippen molar-refractivity contribution >= 4 is 41.6 Å². The molecule has 0 spiro atoms. The third-order valence-corrected chi connectivity index (χ3v) is 4.06. The van der Waals surface area contributed by atoms with Gasteiger partial charge in [-0.15, -0.1) is 24.8 Å². The minimum Gasteiger partial charge on any atom is -0.350 e. The summed E-state index contributed by atoms with van der Waals surface area (Å²) in [7, 11) is 0. The zero-order chi connectivity index (χ0) is 17.6. The molecular weight excluding hydrogens is 383 g/mol. The van der Waals surface area contributed by atoms with Crippen molar-refractivity contribution in [3.05, 3.63) is 60.4 Å². The summed E-state index contributed by atoms with van der Waals surface area (Å²) >= 11 is 0. The molecule has 1 atom stereocenters. The Morgan fingerprint density at radius 2 is 1.81 bits per heavy atom. The number of hydrogen-bond donors (Lipinski definition) is 2. The summed E-state index contributed by atoms with van der Waals surface area (Å²) in [6.45, 7) is 5.56. The summed E-state index contributed by atoms with van der Waals surface area (Å²) < 4.78 is 0. The summed E-state index contributed by atoms with van der Waals surface area (Å²) in [4.78, 5) is 21.5. The van der Waals surface area contributed by atoms with Crippen molar-refractivity contribution in [1.29, 1.82) is 0 Å². The number of rotatable bonds is 6. The fourth-order valence-corrected chi connectivity index (χ4v) is 2.80. The summed E-state index contributed by atoms with van der Waals surface area (Å²) in [5.74, 6) is -0.0846. The molecule has 1 aromatic carbocycles. The number of carbonyl (C=O) groups is 1. The van der Waals surface area contributed by atoms with Crippen LogP contribution >= 0.6 is 24.8 Å².